The molecule has 1 rings (SSSR count). The number of methoxy groups -OCH3 is 2. The number of urea groups is 1. The first kappa shape index (κ1) is 13.8. The van der Waals surface area contributed by atoms with Gasteiger partial charge < -0.3 is 20.1 Å². The van der Waals surface area contributed by atoms with Gasteiger partial charge >= 0.3 is 12.0 Å². The average molecular weight is 252 g/mol. The lowest BCUT2D eigenvalue weighted by molar-refractivity contribution is -0.142. The SMILES string of the molecule is COC(=O)[C@H](C)NC(=O)Nc1ccc(OC)cc1. The van der Waals surface area contributed by atoms with Gasteiger partial charge in [-0.05, 0) is 31.2 Å². The molecule has 0 aliphatic rings. The molecule has 2 N–H and O–H groups in total. The molecular weight excluding hydrogens is 236 g/mol. The van der Waals surface area contributed by atoms with E-state index in [0.29, 0.717) is 11.4 Å². The molecule has 0 saturated heterocycles. The van der Waals surface area contributed by atoms with Crippen molar-refractivity contribution in [3.05, 3.63) is 24.3 Å². The molecule has 1 aromatic rings. The van der Waals surface area contributed by atoms with E-state index in [0.717, 1.165) is 0 Å². The highest BCUT2D eigenvalue weighted by Crippen LogP contribution is 2.14. The topological polar surface area (TPSA) is 76.7 Å². The summed E-state index contributed by atoms with van der Waals surface area (Å²) in [7, 11) is 2.83. The summed E-state index contributed by atoms with van der Waals surface area (Å²) >= 11 is 0. The Morgan fingerprint density at radius 3 is 2.28 bits per heavy atom. The Kier molecular flexibility index (Phi) is 4.98. The number of rotatable bonds is 4. The Morgan fingerprint density at radius 1 is 1.17 bits per heavy atom. The maximum absolute atomic E-state index is 11.5. The first-order valence-electron chi connectivity index (χ1n) is 5.36. The van der Waals surface area contributed by atoms with Gasteiger partial charge in [0.1, 0.15) is 11.8 Å². The van der Waals surface area contributed by atoms with E-state index in [1.54, 1.807) is 38.3 Å². The third kappa shape index (κ3) is 3.97. The number of nitrogens with one attached hydrogen (secondary N) is 2. The van der Waals surface area contributed by atoms with Crippen LogP contribution in [0, 0.1) is 0 Å². The molecule has 0 heterocycles. The van der Waals surface area contributed by atoms with Crippen LogP contribution in [-0.2, 0) is 9.53 Å². The number of carbonyl (C=O) groups excluding carboxylic acids is 2. The van der Waals surface area contributed by atoms with Gasteiger partial charge in [-0.2, -0.15) is 0 Å². The Hall–Kier alpha value is -2.24. The van der Waals surface area contributed by atoms with E-state index in [1.165, 1.54) is 7.11 Å². The summed E-state index contributed by atoms with van der Waals surface area (Å²) in [6, 6.07) is 5.66. The summed E-state index contributed by atoms with van der Waals surface area (Å²) in [5.74, 6) is 0.198. The fourth-order valence-electron chi connectivity index (χ4n) is 1.27. The van der Waals surface area contributed by atoms with Gasteiger partial charge in [0.05, 0.1) is 14.2 Å². The number of esters is 1. The lowest BCUT2D eigenvalue weighted by Crippen LogP contribution is -2.41. The minimum Gasteiger partial charge on any atom is -0.497 e. The number of amides is 2. The highest BCUT2D eigenvalue weighted by Gasteiger charge is 2.15. The third-order valence-electron chi connectivity index (χ3n) is 2.25. The summed E-state index contributed by atoms with van der Waals surface area (Å²) in [6.07, 6.45) is 0. The van der Waals surface area contributed by atoms with Crippen LogP contribution in [-0.4, -0.2) is 32.3 Å². The third-order valence-corrected chi connectivity index (χ3v) is 2.25. The molecule has 0 aliphatic heterocycles. The van der Waals surface area contributed by atoms with E-state index < -0.39 is 18.0 Å². The zero-order valence-corrected chi connectivity index (χ0v) is 10.5. The van der Waals surface area contributed by atoms with E-state index >= 15 is 0 Å². The van der Waals surface area contributed by atoms with Crippen molar-refractivity contribution in [1.29, 1.82) is 0 Å². The summed E-state index contributed by atoms with van der Waals surface area (Å²) in [5, 5.41) is 5.04. The summed E-state index contributed by atoms with van der Waals surface area (Å²) in [4.78, 5) is 22.6. The van der Waals surface area contributed by atoms with Crippen LogP contribution in [0.2, 0.25) is 0 Å². The zero-order chi connectivity index (χ0) is 13.5. The molecular formula is C12H16N2O4. The van der Waals surface area contributed by atoms with Crippen molar-refractivity contribution in [1.82, 2.24) is 5.32 Å². The van der Waals surface area contributed by atoms with Crippen LogP contribution in [0.15, 0.2) is 24.3 Å². The number of ether oxygens (including phenoxy) is 2. The first-order valence-corrected chi connectivity index (χ1v) is 5.36. The number of hydrogen-bond donors (Lipinski definition) is 2. The van der Waals surface area contributed by atoms with Gasteiger partial charge in [0.2, 0.25) is 0 Å². The quantitative estimate of drug-likeness (QED) is 0.794. The minimum absolute atomic E-state index is 0.474. The molecule has 1 aromatic carbocycles. The average Bonchev–Trinajstić information content (AvgIpc) is 2.38. The van der Waals surface area contributed by atoms with Crippen LogP contribution in [0.3, 0.4) is 0 Å². The second-order valence-electron chi connectivity index (χ2n) is 3.57. The first-order chi connectivity index (χ1) is 8.56. The van der Waals surface area contributed by atoms with Crippen LogP contribution in [0.4, 0.5) is 10.5 Å². The largest absolute Gasteiger partial charge is 0.497 e. The number of hydrogen-bond acceptors (Lipinski definition) is 4. The Labute approximate surface area is 105 Å². The van der Waals surface area contributed by atoms with Crippen LogP contribution in [0.1, 0.15) is 6.92 Å². The van der Waals surface area contributed by atoms with E-state index in [-0.39, 0.29) is 0 Å². The van der Waals surface area contributed by atoms with Crippen LogP contribution < -0.4 is 15.4 Å². The number of anilines is 1. The fraction of sp³-hybridized carbons (Fsp3) is 0.333. The zero-order valence-electron chi connectivity index (χ0n) is 10.5. The summed E-state index contributed by atoms with van der Waals surface area (Å²) in [5.41, 5.74) is 0.602. The molecule has 0 fully saturated rings. The van der Waals surface area contributed by atoms with Gasteiger partial charge in [-0.25, -0.2) is 9.59 Å². The fourth-order valence-corrected chi connectivity index (χ4v) is 1.27. The predicted octanol–water partition coefficient (Wildman–Crippen LogP) is 1.38. The number of benzene rings is 1. The Bertz CT molecular complexity index is 417. The van der Waals surface area contributed by atoms with Crippen molar-refractivity contribution >= 4 is 17.7 Å². The van der Waals surface area contributed by atoms with Crippen LogP contribution in [0.5, 0.6) is 5.75 Å². The molecule has 0 aliphatic carbocycles. The van der Waals surface area contributed by atoms with Crippen molar-refractivity contribution in [3.8, 4) is 5.75 Å². The molecule has 0 radical (unpaired) electrons. The predicted molar refractivity (Wildman–Crippen MR) is 66.6 cm³/mol. The van der Waals surface area contributed by atoms with E-state index in [2.05, 4.69) is 15.4 Å². The van der Waals surface area contributed by atoms with Gasteiger partial charge in [0, 0.05) is 5.69 Å². The molecule has 0 saturated carbocycles. The molecule has 1 atom stereocenters. The molecule has 98 valence electrons. The molecule has 0 unspecified atom stereocenters. The van der Waals surface area contributed by atoms with Gasteiger partial charge in [0.15, 0.2) is 0 Å². The Morgan fingerprint density at radius 2 is 1.78 bits per heavy atom. The summed E-state index contributed by atoms with van der Waals surface area (Å²) in [6.45, 7) is 1.54. The van der Waals surface area contributed by atoms with Gasteiger partial charge in [-0.1, -0.05) is 0 Å². The van der Waals surface area contributed by atoms with Gasteiger partial charge in [-0.3, -0.25) is 0 Å². The van der Waals surface area contributed by atoms with Crippen molar-refractivity contribution in [3.63, 3.8) is 0 Å². The molecule has 18 heavy (non-hydrogen) atoms. The smallest absolute Gasteiger partial charge is 0.328 e. The lowest BCUT2D eigenvalue weighted by atomic mass is 10.3. The molecule has 2 amide bonds. The highest BCUT2D eigenvalue weighted by atomic mass is 16.5. The molecule has 6 nitrogen and oxygen atoms in total. The standard InChI is InChI=1S/C12H16N2O4/c1-8(11(15)18-3)13-12(16)14-9-4-6-10(17-2)7-5-9/h4-8H,1-3H3,(H2,13,14,16)/t8-/m0/s1. The van der Waals surface area contributed by atoms with E-state index in [9.17, 15) is 9.59 Å². The maximum Gasteiger partial charge on any atom is 0.328 e. The van der Waals surface area contributed by atoms with Crippen molar-refractivity contribution < 1.29 is 19.1 Å². The number of carbonyl (C=O) groups is 2. The molecule has 0 bridgehead atoms. The normalized spacial score (nSPS) is 11.3. The van der Waals surface area contributed by atoms with Crippen molar-refractivity contribution in [2.75, 3.05) is 19.5 Å². The van der Waals surface area contributed by atoms with Crippen molar-refractivity contribution in [2.24, 2.45) is 0 Å². The molecule has 6 heteroatoms. The van der Waals surface area contributed by atoms with Crippen LogP contribution in [0.25, 0.3) is 0 Å². The molecule has 0 aromatic heterocycles. The summed E-state index contributed by atoms with van der Waals surface area (Å²) < 4.78 is 9.49. The van der Waals surface area contributed by atoms with Crippen LogP contribution >= 0.6 is 0 Å². The van der Waals surface area contributed by atoms with Gasteiger partial charge in [0.25, 0.3) is 0 Å². The minimum atomic E-state index is -0.701. The second-order valence-corrected chi connectivity index (χ2v) is 3.57. The van der Waals surface area contributed by atoms with E-state index in [4.69, 9.17) is 4.74 Å². The van der Waals surface area contributed by atoms with Crippen molar-refractivity contribution in [2.45, 2.75) is 13.0 Å². The monoisotopic (exact) mass is 252 g/mol. The second kappa shape index (κ2) is 6.48. The maximum atomic E-state index is 11.5. The molecule has 0 spiro atoms. The Balaban J connectivity index is 2.51. The van der Waals surface area contributed by atoms with Gasteiger partial charge in [-0.15, -0.1) is 0 Å². The highest BCUT2D eigenvalue weighted by molar-refractivity contribution is 5.92. The lowest BCUT2D eigenvalue weighted by Gasteiger charge is -2.12. The van der Waals surface area contributed by atoms with E-state index in [1.807, 2.05) is 0 Å².